The smallest absolute Gasteiger partial charge is 0.255 e. The van der Waals surface area contributed by atoms with Gasteiger partial charge in [-0.1, -0.05) is 23.7 Å². The number of rotatable bonds is 7. The summed E-state index contributed by atoms with van der Waals surface area (Å²) in [6.07, 6.45) is 2.56. The van der Waals surface area contributed by atoms with Crippen LogP contribution in [0.1, 0.15) is 35.0 Å². The number of amides is 1. The van der Waals surface area contributed by atoms with Crippen LogP contribution >= 0.6 is 34.7 Å². The number of thioether (sulfide) groups is 1. The summed E-state index contributed by atoms with van der Waals surface area (Å²) in [6, 6.07) is 11.7. The zero-order valence-corrected chi connectivity index (χ0v) is 16.6. The van der Waals surface area contributed by atoms with E-state index in [0.717, 1.165) is 44.9 Å². The zero-order valence-electron chi connectivity index (χ0n) is 14.2. The van der Waals surface area contributed by atoms with E-state index in [0.29, 0.717) is 19.2 Å². The van der Waals surface area contributed by atoms with Gasteiger partial charge >= 0.3 is 0 Å². The molecule has 0 saturated carbocycles. The second-order valence-corrected chi connectivity index (χ2v) is 8.83. The Bertz CT molecular complexity index is 713. The summed E-state index contributed by atoms with van der Waals surface area (Å²) in [7, 11) is 0. The molecule has 1 aromatic heterocycles. The van der Waals surface area contributed by atoms with Gasteiger partial charge in [0.2, 0.25) is 0 Å². The first-order valence-electron chi connectivity index (χ1n) is 8.54. The quantitative estimate of drug-likeness (QED) is 0.593. The second kappa shape index (κ2) is 9.08. The maximum atomic E-state index is 13.1. The molecule has 1 aliphatic rings. The maximum Gasteiger partial charge on any atom is 0.255 e. The van der Waals surface area contributed by atoms with Gasteiger partial charge in [0.15, 0.2) is 0 Å². The van der Waals surface area contributed by atoms with Crippen LogP contribution in [0.3, 0.4) is 0 Å². The van der Waals surface area contributed by atoms with E-state index in [-0.39, 0.29) is 5.91 Å². The topological polar surface area (TPSA) is 29.5 Å². The average Bonchev–Trinajstić information content (AvgIpc) is 3.29. The molecule has 0 spiro atoms. The first kappa shape index (κ1) is 18.8. The molecular formula is C19H22ClNO2S2. The average molecular weight is 396 g/mol. The minimum Gasteiger partial charge on any atom is -0.377 e. The van der Waals surface area contributed by atoms with E-state index in [4.69, 9.17) is 16.3 Å². The molecule has 25 heavy (non-hydrogen) atoms. The highest BCUT2D eigenvalue weighted by Crippen LogP contribution is 2.28. The Morgan fingerprint density at radius 2 is 2.20 bits per heavy atom. The minimum absolute atomic E-state index is 0.0717. The van der Waals surface area contributed by atoms with E-state index in [1.807, 2.05) is 48.2 Å². The number of benzene rings is 1. The van der Waals surface area contributed by atoms with Crippen LogP contribution in [-0.2, 0) is 11.3 Å². The third-order valence-corrected chi connectivity index (χ3v) is 6.63. The predicted molar refractivity (Wildman–Crippen MR) is 106 cm³/mol. The molecule has 1 aromatic carbocycles. The van der Waals surface area contributed by atoms with Gasteiger partial charge in [-0.3, -0.25) is 4.79 Å². The monoisotopic (exact) mass is 395 g/mol. The second-order valence-electron chi connectivity index (χ2n) is 5.97. The van der Waals surface area contributed by atoms with Gasteiger partial charge in [-0.25, -0.2) is 0 Å². The van der Waals surface area contributed by atoms with E-state index >= 15 is 0 Å². The van der Waals surface area contributed by atoms with Gasteiger partial charge < -0.3 is 9.64 Å². The molecule has 2 heterocycles. The SMILES string of the molecule is CCN(Cc1ccc(Cl)s1)C(=O)c1ccccc1SCC1CCCO1. The Labute approximate surface area is 162 Å². The van der Waals surface area contributed by atoms with Crippen LogP contribution in [0.15, 0.2) is 41.3 Å². The number of halogens is 1. The van der Waals surface area contributed by atoms with E-state index in [1.165, 1.54) is 11.3 Å². The normalized spacial score (nSPS) is 17.0. The molecule has 0 aliphatic carbocycles. The van der Waals surface area contributed by atoms with Crippen molar-refractivity contribution < 1.29 is 9.53 Å². The molecule has 3 rings (SSSR count). The molecule has 134 valence electrons. The molecule has 0 N–H and O–H groups in total. The number of hydrogen-bond acceptors (Lipinski definition) is 4. The summed E-state index contributed by atoms with van der Waals surface area (Å²) in [5.74, 6) is 0.971. The number of carbonyl (C=O) groups is 1. The van der Waals surface area contributed by atoms with Crippen molar-refractivity contribution in [3.05, 3.63) is 51.2 Å². The van der Waals surface area contributed by atoms with Gasteiger partial charge in [0.1, 0.15) is 0 Å². The molecule has 1 fully saturated rings. The summed E-state index contributed by atoms with van der Waals surface area (Å²) in [5.41, 5.74) is 0.773. The highest BCUT2D eigenvalue weighted by atomic mass is 35.5. The largest absolute Gasteiger partial charge is 0.377 e. The molecule has 1 unspecified atom stereocenters. The van der Waals surface area contributed by atoms with Crippen molar-refractivity contribution in [2.75, 3.05) is 18.9 Å². The number of ether oxygens (including phenoxy) is 1. The Kier molecular flexibility index (Phi) is 6.82. The number of thiophene rings is 1. The van der Waals surface area contributed by atoms with Gasteiger partial charge in [-0.2, -0.15) is 0 Å². The van der Waals surface area contributed by atoms with Crippen LogP contribution in [-0.4, -0.2) is 35.8 Å². The van der Waals surface area contributed by atoms with Crippen LogP contribution in [0, 0.1) is 0 Å². The third kappa shape index (κ3) is 5.00. The molecule has 1 aliphatic heterocycles. The third-order valence-electron chi connectivity index (χ3n) is 4.21. The Morgan fingerprint density at radius 3 is 2.88 bits per heavy atom. The van der Waals surface area contributed by atoms with E-state index < -0.39 is 0 Å². The van der Waals surface area contributed by atoms with Crippen molar-refractivity contribution in [1.29, 1.82) is 0 Å². The minimum atomic E-state index is 0.0717. The van der Waals surface area contributed by atoms with Crippen molar-refractivity contribution in [3.8, 4) is 0 Å². The fourth-order valence-corrected chi connectivity index (χ4v) is 5.07. The molecule has 0 bridgehead atoms. The van der Waals surface area contributed by atoms with Crippen molar-refractivity contribution in [2.45, 2.75) is 37.3 Å². The Morgan fingerprint density at radius 1 is 1.36 bits per heavy atom. The van der Waals surface area contributed by atoms with Gasteiger partial charge in [-0.15, -0.1) is 23.1 Å². The standard InChI is InChI=1S/C19H22ClNO2S2/c1-2-21(12-15-9-10-18(20)25-15)19(22)16-7-3-4-8-17(16)24-13-14-6-5-11-23-14/h3-4,7-10,14H,2,5-6,11-13H2,1H3. The predicted octanol–water partition coefficient (Wildman–Crippen LogP) is 5.33. The summed E-state index contributed by atoms with van der Waals surface area (Å²) in [6.45, 7) is 4.13. The fourth-order valence-electron chi connectivity index (χ4n) is 2.85. The lowest BCUT2D eigenvalue weighted by molar-refractivity contribution is 0.0750. The van der Waals surface area contributed by atoms with Crippen LogP contribution in [0.2, 0.25) is 4.34 Å². The van der Waals surface area contributed by atoms with E-state index in [2.05, 4.69) is 0 Å². The van der Waals surface area contributed by atoms with Crippen LogP contribution in [0.4, 0.5) is 0 Å². The van der Waals surface area contributed by atoms with Gasteiger partial charge in [0.05, 0.1) is 22.5 Å². The molecule has 1 saturated heterocycles. The van der Waals surface area contributed by atoms with Crippen LogP contribution in [0.25, 0.3) is 0 Å². The summed E-state index contributed by atoms with van der Waals surface area (Å²) in [5, 5.41) is 0. The lowest BCUT2D eigenvalue weighted by Crippen LogP contribution is -2.30. The van der Waals surface area contributed by atoms with Crippen molar-refractivity contribution in [3.63, 3.8) is 0 Å². The lowest BCUT2D eigenvalue weighted by Gasteiger charge is -2.22. The molecular weight excluding hydrogens is 374 g/mol. The summed E-state index contributed by atoms with van der Waals surface area (Å²) in [4.78, 5) is 17.1. The number of nitrogens with zero attached hydrogens (tertiary/aromatic N) is 1. The molecule has 1 atom stereocenters. The highest BCUT2D eigenvalue weighted by molar-refractivity contribution is 7.99. The molecule has 2 aromatic rings. The van der Waals surface area contributed by atoms with Crippen LogP contribution in [0.5, 0.6) is 0 Å². The van der Waals surface area contributed by atoms with E-state index in [9.17, 15) is 4.79 Å². The first-order valence-corrected chi connectivity index (χ1v) is 10.7. The van der Waals surface area contributed by atoms with Crippen molar-refractivity contribution >= 4 is 40.6 Å². The Balaban J connectivity index is 1.71. The van der Waals surface area contributed by atoms with Gasteiger partial charge in [0.25, 0.3) is 5.91 Å². The first-order chi connectivity index (χ1) is 12.2. The summed E-state index contributed by atoms with van der Waals surface area (Å²) < 4.78 is 6.45. The highest BCUT2D eigenvalue weighted by Gasteiger charge is 2.21. The zero-order chi connectivity index (χ0) is 17.6. The molecule has 1 amide bonds. The lowest BCUT2D eigenvalue weighted by atomic mass is 10.2. The van der Waals surface area contributed by atoms with Gasteiger partial charge in [0, 0.05) is 28.7 Å². The van der Waals surface area contributed by atoms with Crippen molar-refractivity contribution in [2.24, 2.45) is 0 Å². The Hall–Kier alpha value is -1.01. The molecule has 0 radical (unpaired) electrons. The van der Waals surface area contributed by atoms with Gasteiger partial charge in [-0.05, 0) is 44.0 Å². The summed E-state index contributed by atoms with van der Waals surface area (Å²) >= 11 is 9.26. The number of hydrogen-bond donors (Lipinski definition) is 0. The van der Waals surface area contributed by atoms with Crippen molar-refractivity contribution in [1.82, 2.24) is 4.90 Å². The maximum absolute atomic E-state index is 13.1. The van der Waals surface area contributed by atoms with Crippen LogP contribution < -0.4 is 0 Å². The fraction of sp³-hybridized carbons (Fsp3) is 0.421. The molecule has 3 nitrogen and oxygen atoms in total. The number of carbonyl (C=O) groups excluding carboxylic acids is 1. The van der Waals surface area contributed by atoms with E-state index in [1.54, 1.807) is 11.8 Å². The molecule has 6 heteroatoms.